The quantitative estimate of drug-likeness (QED) is 0.898. The minimum absolute atomic E-state index is 0.110. The van der Waals surface area contributed by atoms with Gasteiger partial charge in [-0.2, -0.15) is 0 Å². The number of imidazole rings is 1. The van der Waals surface area contributed by atoms with Gasteiger partial charge >= 0.3 is 6.03 Å². The van der Waals surface area contributed by atoms with Gasteiger partial charge in [-0.1, -0.05) is 6.92 Å². The Hall–Kier alpha value is -2.15. The predicted octanol–water partition coefficient (Wildman–Crippen LogP) is 1.37. The fourth-order valence-electron chi connectivity index (χ4n) is 2.34. The summed E-state index contributed by atoms with van der Waals surface area (Å²) in [5.74, 6) is 0.612. The number of amides is 2. The van der Waals surface area contributed by atoms with Gasteiger partial charge in [0, 0.05) is 25.1 Å². The number of rotatable bonds is 2. The third-order valence-corrected chi connectivity index (χ3v) is 3.46. The molecule has 2 aromatic heterocycles. The van der Waals surface area contributed by atoms with Crippen LogP contribution in [0.1, 0.15) is 13.3 Å². The number of fused-ring (bicyclic) bond motifs is 1. The molecule has 106 valence electrons. The van der Waals surface area contributed by atoms with Crippen LogP contribution in [0.15, 0.2) is 24.8 Å². The van der Waals surface area contributed by atoms with Crippen LogP contribution in [-0.2, 0) is 4.74 Å². The van der Waals surface area contributed by atoms with Crippen LogP contribution in [0.3, 0.4) is 0 Å². The maximum absolute atomic E-state index is 12.3. The van der Waals surface area contributed by atoms with E-state index in [4.69, 9.17) is 4.74 Å². The number of nitrogens with zero attached hydrogens (tertiary/aromatic N) is 4. The highest BCUT2D eigenvalue weighted by molar-refractivity contribution is 5.89. The summed E-state index contributed by atoms with van der Waals surface area (Å²) in [6, 6.07) is 0.0232. The van der Waals surface area contributed by atoms with Gasteiger partial charge in [0.05, 0.1) is 31.1 Å². The van der Waals surface area contributed by atoms with Gasteiger partial charge < -0.3 is 15.0 Å². The number of hydrogen-bond acceptors (Lipinski definition) is 4. The zero-order valence-corrected chi connectivity index (χ0v) is 11.3. The van der Waals surface area contributed by atoms with Crippen molar-refractivity contribution in [2.75, 3.05) is 25.1 Å². The maximum Gasteiger partial charge on any atom is 0.322 e. The number of ether oxygens (including phenoxy) is 1. The molecule has 7 nitrogen and oxygen atoms in total. The average molecular weight is 275 g/mol. The molecule has 20 heavy (non-hydrogen) atoms. The Bertz CT molecular complexity index is 612. The van der Waals surface area contributed by atoms with Gasteiger partial charge in [-0.15, -0.1) is 0 Å². The molecule has 2 amide bonds. The molecular formula is C13H17N5O2. The first kappa shape index (κ1) is 12.9. The Balaban J connectivity index is 1.73. The zero-order valence-electron chi connectivity index (χ0n) is 11.3. The lowest BCUT2D eigenvalue weighted by Crippen LogP contribution is -2.50. The third-order valence-electron chi connectivity index (χ3n) is 3.46. The Morgan fingerprint density at radius 1 is 1.55 bits per heavy atom. The van der Waals surface area contributed by atoms with E-state index < -0.39 is 0 Å². The van der Waals surface area contributed by atoms with E-state index in [0.29, 0.717) is 31.2 Å². The second kappa shape index (κ2) is 5.46. The van der Waals surface area contributed by atoms with Gasteiger partial charge in [0.25, 0.3) is 0 Å². The van der Waals surface area contributed by atoms with Crippen LogP contribution in [0.2, 0.25) is 0 Å². The van der Waals surface area contributed by atoms with Gasteiger partial charge in [-0.3, -0.25) is 4.40 Å². The Kier molecular flexibility index (Phi) is 3.51. The van der Waals surface area contributed by atoms with Gasteiger partial charge in [-0.25, -0.2) is 14.8 Å². The van der Waals surface area contributed by atoms with Crippen molar-refractivity contribution < 1.29 is 9.53 Å². The van der Waals surface area contributed by atoms with Gasteiger partial charge in [-0.05, 0) is 6.42 Å². The minimum atomic E-state index is -0.110. The van der Waals surface area contributed by atoms with Crippen molar-refractivity contribution in [2.45, 2.75) is 19.4 Å². The molecule has 3 heterocycles. The van der Waals surface area contributed by atoms with Crippen molar-refractivity contribution in [1.82, 2.24) is 19.3 Å². The highest BCUT2D eigenvalue weighted by Crippen LogP contribution is 2.13. The average Bonchev–Trinajstić information content (AvgIpc) is 2.94. The summed E-state index contributed by atoms with van der Waals surface area (Å²) in [6.45, 7) is 3.86. The smallest absolute Gasteiger partial charge is 0.322 e. The van der Waals surface area contributed by atoms with Crippen molar-refractivity contribution in [2.24, 2.45) is 0 Å². The molecule has 2 aromatic rings. The fourth-order valence-corrected chi connectivity index (χ4v) is 2.34. The molecule has 1 atom stereocenters. The fraction of sp³-hybridized carbons (Fsp3) is 0.462. The van der Waals surface area contributed by atoms with E-state index in [2.05, 4.69) is 22.2 Å². The summed E-state index contributed by atoms with van der Waals surface area (Å²) < 4.78 is 7.17. The number of carbonyl (C=O) groups is 1. The van der Waals surface area contributed by atoms with Crippen LogP contribution >= 0.6 is 0 Å². The number of anilines is 1. The van der Waals surface area contributed by atoms with Crippen molar-refractivity contribution in [3.63, 3.8) is 0 Å². The van der Waals surface area contributed by atoms with E-state index in [9.17, 15) is 4.79 Å². The van der Waals surface area contributed by atoms with Gasteiger partial charge in [0.15, 0.2) is 0 Å². The van der Waals surface area contributed by atoms with E-state index in [0.717, 1.165) is 6.42 Å². The molecule has 0 saturated carbocycles. The monoisotopic (exact) mass is 275 g/mol. The van der Waals surface area contributed by atoms with Crippen molar-refractivity contribution in [3.05, 3.63) is 24.8 Å². The second-order valence-corrected chi connectivity index (χ2v) is 4.74. The summed E-state index contributed by atoms with van der Waals surface area (Å²) in [5.41, 5.74) is 0.654. The molecule has 3 rings (SSSR count). The van der Waals surface area contributed by atoms with Gasteiger partial charge in [0.2, 0.25) is 5.78 Å². The van der Waals surface area contributed by atoms with Crippen LogP contribution < -0.4 is 5.32 Å². The second-order valence-electron chi connectivity index (χ2n) is 4.74. The lowest BCUT2D eigenvalue weighted by atomic mass is 10.2. The Morgan fingerprint density at radius 3 is 3.30 bits per heavy atom. The highest BCUT2D eigenvalue weighted by Gasteiger charge is 2.25. The maximum atomic E-state index is 12.3. The summed E-state index contributed by atoms with van der Waals surface area (Å²) in [6.07, 6.45) is 7.76. The molecule has 0 spiro atoms. The van der Waals surface area contributed by atoms with Crippen LogP contribution in [0.5, 0.6) is 0 Å². The summed E-state index contributed by atoms with van der Waals surface area (Å²) >= 11 is 0. The number of nitrogens with one attached hydrogen (secondary N) is 1. The molecule has 7 heteroatoms. The number of hydrogen-bond donors (Lipinski definition) is 1. The number of aromatic nitrogens is 3. The summed E-state index contributed by atoms with van der Waals surface area (Å²) in [5, 5.41) is 2.88. The minimum Gasteiger partial charge on any atom is -0.377 e. The molecule has 0 bridgehead atoms. The first-order valence-corrected chi connectivity index (χ1v) is 6.72. The third kappa shape index (κ3) is 2.44. The van der Waals surface area contributed by atoms with E-state index in [1.54, 1.807) is 29.2 Å². The van der Waals surface area contributed by atoms with Crippen molar-refractivity contribution in [3.8, 4) is 0 Å². The number of carbonyl (C=O) groups excluding carboxylic acids is 1. The van der Waals surface area contributed by atoms with Crippen LogP contribution in [0, 0.1) is 0 Å². The Labute approximate surface area is 116 Å². The van der Waals surface area contributed by atoms with E-state index in [-0.39, 0.29) is 12.1 Å². The Morgan fingerprint density at radius 2 is 2.45 bits per heavy atom. The molecule has 1 aliphatic rings. The SMILES string of the molecule is CCC1COCCN1C(=O)Nc1cnc2nccn2c1. The topological polar surface area (TPSA) is 71.8 Å². The zero-order chi connectivity index (χ0) is 13.9. The molecule has 1 fully saturated rings. The lowest BCUT2D eigenvalue weighted by molar-refractivity contribution is 0.0144. The first-order chi connectivity index (χ1) is 9.78. The molecule has 0 radical (unpaired) electrons. The predicted molar refractivity (Wildman–Crippen MR) is 73.6 cm³/mol. The summed E-state index contributed by atoms with van der Waals surface area (Å²) in [7, 11) is 0. The number of urea groups is 1. The molecular weight excluding hydrogens is 258 g/mol. The molecule has 1 saturated heterocycles. The van der Waals surface area contributed by atoms with Crippen molar-refractivity contribution in [1.29, 1.82) is 0 Å². The molecule has 0 aromatic carbocycles. The van der Waals surface area contributed by atoms with Gasteiger partial charge in [0.1, 0.15) is 0 Å². The summed E-state index contributed by atoms with van der Waals surface area (Å²) in [4.78, 5) is 22.4. The molecule has 1 unspecified atom stereocenters. The van der Waals surface area contributed by atoms with Crippen LogP contribution in [-0.4, -0.2) is 51.1 Å². The van der Waals surface area contributed by atoms with Crippen LogP contribution in [0.25, 0.3) is 5.78 Å². The first-order valence-electron chi connectivity index (χ1n) is 6.72. The standard InChI is InChI=1S/C13H17N5O2/c1-2-11-9-20-6-5-18(11)13(19)16-10-7-15-12-14-3-4-17(12)8-10/h3-4,7-8,11H,2,5-6,9H2,1H3,(H,16,19). The molecule has 1 aliphatic heterocycles. The highest BCUT2D eigenvalue weighted by atomic mass is 16.5. The largest absolute Gasteiger partial charge is 0.377 e. The van der Waals surface area contributed by atoms with E-state index in [1.165, 1.54) is 0 Å². The molecule has 0 aliphatic carbocycles. The number of morpholine rings is 1. The van der Waals surface area contributed by atoms with E-state index >= 15 is 0 Å². The normalized spacial score (nSPS) is 19.2. The van der Waals surface area contributed by atoms with E-state index in [1.807, 2.05) is 4.90 Å². The van der Waals surface area contributed by atoms with Crippen molar-refractivity contribution >= 4 is 17.5 Å². The molecule has 1 N–H and O–H groups in total. The van der Waals surface area contributed by atoms with Crippen LogP contribution in [0.4, 0.5) is 10.5 Å². The lowest BCUT2D eigenvalue weighted by Gasteiger charge is -2.34.